The molecular weight excluding hydrogens is 340 g/mol. The standard InChI is InChI=1S/C19H28N2O3.ClH/c1-23-17-6-5-14(12-18(17)24-2)13-19(22)21-10-7-15(8-11-21)16-4-3-9-20-16;/h5-6,12,15-16,20H,3-4,7-11,13H2,1-2H3;1H. The topological polar surface area (TPSA) is 50.8 Å². The average molecular weight is 369 g/mol. The highest BCUT2D eigenvalue weighted by Gasteiger charge is 2.29. The molecular formula is C19H29ClN2O3. The van der Waals surface area contributed by atoms with Crippen LogP contribution in [0.25, 0.3) is 0 Å². The lowest BCUT2D eigenvalue weighted by molar-refractivity contribution is -0.132. The molecule has 0 saturated carbocycles. The molecule has 140 valence electrons. The lowest BCUT2D eigenvalue weighted by Crippen LogP contribution is -2.43. The second-order valence-electron chi connectivity index (χ2n) is 6.79. The highest BCUT2D eigenvalue weighted by atomic mass is 35.5. The Morgan fingerprint density at radius 3 is 2.48 bits per heavy atom. The zero-order chi connectivity index (χ0) is 16.9. The fourth-order valence-corrected chi connectivity index (χ4v) is 3.94. The molecule has 1 aromatic rings. The maximum atomic E-state index is 12.6. The molecule has 3 rings (SSSR count). The Labute approximate surface area is 156 Å². The van der Waals surface area contributed by atoms with E-state index in [1.165, 1.54) is 12.8 Å². The molecule has 0 radical (unpaired) electrons. The Balaban J connectivity index is 0.00000225. The van der Waals surface area contributed by atoms with Crippen molar-refractivity contribution in [3.8, 4) is 11.5 Å². The predicted molar refractivity (Wildman–Crippen MR) is 101 cm³/mol. The van der Waals surface area contributed by atoms with Crippen LogP contribution in [0.5, 0.6) is 11.5 Å². The summed E-state index contributed by atoms with van der Waals surface area (Å²) in [5.41, 5.74) is 0.970. The minimum absolute atomic E-state index is 0. The molecule has 1 aromatic carbocycles. The minimum atomic E-state index is 0. The molecule has 5 nitrogen and oxygen atoms in total. The molecule has 6 heteroatoms. The van der Waals surface area contributed by atoms with Gasteiger partial charge in [-0.1, -0.05) is 6.07 Å². The summed E-state index contributed by atoms with van der Waals surface area (Å²) < 4.78 is 10.6. The number of carbonyl (C=O) groups excluding carboxylic acids is 1. The molecule has 1 amide bonds. The van der Waals surface area contributed by atoms with Gasteiger partial charge in [-0.05, 0) is 55.8 Å². The van der Waals surface area contributed by atoms with E-state index in [4.69, 9.17) is 9.47 Å². The SMILES string of the molecule is COc1ccc(CC(=O)N2CCC(C3CCCN3)CC2)cc1OC.Cl. The number of likely N-dealkylation sites (tertiary alicyclic amines) is 1. The third kappa shape index (κ3) is 4.79. The quantitative estimate of drug-likeness (QED) is 0.868. The first-order valence-corrected chi connectivity index (χ1v) is 8.93. The molecule has 25 heavy (non-hydrogen) atoms. The lowest BCUT2D eigenvalue weighted by atomic mass is 9.88. The molecule has 2 saturated heterocycles. The van der Waals surface area contributed by atoms with Crippen molar-refractivity contribution in [2.75, 3.05) is 33.9 Å². The molecule has 1 N–H and O–H groups in total. The first-order chi connectivity index (χ1) is 11.7. The van der Waals surface area contributed by atoms with Crippen LogP contribution in [0.3, 0.4) is 0 Å². The Morgan fingerprint density at radius 1 is 1.16 bits per heavy atom. The molecule has 0 aromatic heterocycles. The summed E-state index contributed by atoms with van der Waals surface area (Å²) in [6.45, 7) is 2.92. The summed E-state index contributed by atoms with van der Waals surface area (Å²) in [5.74, 6) is 2.31. The second kappa shape index (κ2) is 9.30. The summed E-state index contributed by atoms with van der Waals surface area (Å²) in [5, 5.41) is 3.60. The lowest BCUT2D eigenvalue weighted by Gasteiger charge is -2.35. The first-order valence-electron chi connectivity index (χ1n) is 8.93. The van der Waals surface area contributed by atoms with Gasteiger partial charge in [0.2, 0.25) is 5.91 Å². The zero-order valence-corrected chi connectivity index (χ0v) is 15.9. The predicted octanol–water partition coefficient (Wildman–Crippen LogP) is 2.66. The Kier molecular flexibility index (Phi) is 7.38. The van der Waals surface area contributed by atoms with Crippen molar-refractivity contribution in [1.82, 2.24) is 10.2 Å². The zero-order valence-electron chi connectivity index (χ0n) is 15.1. The number of methoxy groups -OCH3 is 2. The highest BCUT2D eigenvalue weighted by Crippen LogP contribution is 2.29. The molecule has 2 aliphatic heterocycles. The van der Waals surface area contributed by atoms with E-state index >= 15 is 0 Å². The number of benzene rings is 1. The fraction of sp³-hybridized carbons (Fsp3) is 0.632. The van der Waals surface area contributed by atoms with Crippen molar-refractivity contribution < 1.29 is 14.3 Å². The molecule has 0 spiro atoms. The largest absolute Gasteiger partial charge is 0.493 e. The smallest absolute Gasteiger partial charge is 0.226 e. The molecule has 2 aliphatic rings. The van der Waals surface area contributed by atoms with Gasteiger partial charge in [-0.25, -0.2) is 0 Å². The number of ether oxygens (including phenoxy) is 2. The Bertz CT molecular complexity index is 568. The molecule has 2 heterocycles. The number of carbonyl (C=O) groups is 1. The average Bonchev–Trinajstić information content (AvgIpc) is 3.16. The monoisotopic (exact) mass is 368 g/mol. The van der Waals surface area contributed by atoms with Crippen LogP contribution in [0.1, 0.15) is 31.2 Å². The molecule has 1 atom stereocenters. The van der Waals surface area contributed by atoms with Crippen LogP contribution >= 0.6 is 12.4 Å². The van der Waals surface area contributed by atoms with E-state index in [1.54, 1.807) is 14.2 Å². The summed E-state index contributed by atoms with van der Waals surface area (Å²) in [6.07, 6.45) is 5.25. The molecule has 1 unspecified atom stereocenters. The van der Waals surface area contributed by atoms with Gasteiger partial charge in [0.25, 0.3) is 0 Å². The number of nitrogens with one attached hydrogen (secondary N) is 1. The maximum Gasteiger partial charge on any atom is 0.226 e. The number of piperidine rings is 1. The van der Waals surface area contributed by atoms with Crippen LogP contribution in [0.15, 0.2) is 18.2 Å². The third-order valence-corrected chi connectivity index (χ3v) is 5.36. The van der Waals surface area contributed by atoms with Crippen molar-refractivity contribution in [2.45, 2.75) is 38.1 Å². The minimum Gasteiger partial charge on any atom is -0.493 e. The van der Waals surface area contributed by atoms with Crippen molar-refractivity contribution in [1.29, 1.82) is 0 Å². The van der Waals surface area contributed by atoms with E-state index in [0.717, 1.165) is 44.0 Å². The van der Waals surface area contributed by atoms with Gasteiger partial charge in [0.05, 0.1) is 20.6 Å². The number of amides is 1. The van der Waals surface area contributed by atoms with Crippen LogP contribution in [0.4, 0.5) is 0 Å². The van der Waals surface area contributed by atoms with Gasteiger partial charge in [-0.15, -0.1) is 12.4 Å². The van der Waals surface area contributed by atoms with Gasteiger partial charge in [-0.3, -0.25) is 4.79 Å². The van der Waals surface area contributed by atoms with Gasteiger partial charge in [-0.2, -0.15) is 0 Å². The van der Waals surface area contributed by atoms with E-state index in [0.29, 0.717) is 24.0 Å². The van der Waals surface area contributed by atoms with Crippen LogP contribution < -0.4 is 14.8 Å². The Morgan fingerprint density at radius 2 is 1.88 bits per heavy atom. The van der Waals surface area contributed by atoms with Crippen molar-refractivity contribution in [3.63, 3.8) is 0 Å². The summed E-state index contributed by atoms with van der Waals surface area (Å²) in [4.78, 5) is 14.6. The van der Waals surface area contributed by atoms with E-state index in [-0.39, 0.29) is 18.3 Å². The summed E-state index contributed by atoms with van der Waals surface area (Å²) in [6, 6.07) is 6.37. The van der Waals surface area contributed by atoms with Crippen LogP contribution in [-0.2, 0) is 11.2 Å². The van der Waals surface area contributed by atoms with Crippen LogP contribution in [0, 0.1) is 5.92 Å². The van der Waals surface area contributed by atoms with E-state index in [1.807, 2.05) is 23.1 Å². The third-order valence-electron chi connectivity index (χ3n) is 5.36. The van der Waals surface area contributed by atoms with Gasteiger partial charge in [0.1, 0.15) is 0 Å². The number of nitrogens with zero attached hydrogens (tertiary/aromatic N) is 1. The number of halogens is 1. The van der Waals surface area contributed by atoms with Crippen molar-refractivity contribution in [3.05, 3.63) is 23.8 Å². The van der Waals surface area contributed by atoms with Gasteiger partial charge in [0.15, 0.2) is 11.5 Å². The van der Waals surface area contributed by atoms with Gasteiger partial charge < -0.3 is 19.7 Å². The summed E-state index contributed by atoms with van der Waals surface area (Å²) in [7, 11) is 3.23. The van der Waals surface area contributed by atoms with E-state index in [9.17, 15) is 4.79 Å². The van der Waals surface area contributed by atoms with Crippen molar-refractivity contribution >= 4 is 18.3 Å². The first kappa shape index (κ1) is 19.9. The second-order valence-corrected chi connectivity index (χ2v) is 6.79. The summed E-state index contributed by atoms with van der Waals surface area (Å²) >= 11 is 0. The molecule has 0 aliphatic carbocycles. The van der Waals surface area contributed by atoms with Crippen molar-refractivity contribution in [2.24, 2.45) is 5.92 Å². The van der Waals surface area contributed by atoms with Crippen LogP contribution in [0.2, 0.25) is 0 Å². The van der Waals surface area contributed by atoms with Gasteiger partial charge >= 0.3 is 0 Å². The number of hydrogen-bond acceptors (Lipinski definition) is 4. The number of rotatable bonds is 5. The van der Waals surface area contributed by atoms with E-state index in [2.05, 4.69) is 5.32 Å². The fourth-order valence-electron chi connectivity index (χ4n) is 3.94. The van der Waals surface area contributed by atoms with Gasteiger partial charge in [0, 0.05) is 19.1 Å². The normalized spacial score (nSPS) is 20.9. The molecule has 0 bridgehead atoms. The Hall–Kier alpha value is -1.46. The van der Waals surface area contributed by atoms with E-state index < -0.39 is 0 Å². The van der Waals surface area contributed by atoms with Crippen LogP contribution in [-0.4, -0.2) is 50.7 Å². The molecule has 2 fully saturated rings. The maximum absolute atomic E-state index is 12.6. The number of hydrogen-bond donors (Lipinski definition) is 1. The highest BCUT2D eigenvalue weighted by molar-refractivity contribution is 5.85.